The molecule has 15 heavy (non-hydrogen) atoms. The second-order valence-electron chi connectivity index (χ2n) is 4.55. The van der Waals surface area contributed by atoms with Crippen LogP contribution in [-0.2, 0) is 9.59 Å². The third-order valence-corrected chi connectivity index (χ3v) is 2.67. The molecule has 1 atom stereocenters. The Balaban J connectivity index is 4.57. The first-order chi connectivity index (χ1) is 6.81. The topological polar surface area (TPSA) is 80.3 Å². The van der Waals surface area contributed by atoms with Crippen LogP contribution in [0.3, 0.4) is 0 Å². The number of rotatable bonds is 7. The average Bonchev–Trinajstić information content (AvgIpc) is 2.00. The van der Waals surface area contributed by atoms with E-state index in [1.807, 2.05) is 6.92 Å². The molecule has 1 unspecified atom stereocenters. The molecule has 0 rings (SSSR count). The third kappa shape index (κ3) is 4.81. The van der Waals surface area contributed by atoms with Gasteiger partial charge >= 0.3 is 0 Å². The van der Waals surface area contributed by atoms with Crippen molar-refractivity contribution in [3.63, 3.8) is 0 Å². The lowest BCUT2D eigenvalue weighted by Gasteiger charge is -2.35. The molecule has 88 valence electrons. The molecular weight excluding hydrogens is 196 g/mol. The van der Waals surface area contributed by atoms with Crippen molar-refractivity contribution in [2.45, 2.75) is 46.5 Å². The second kappa shape index (κ2) is 5.73. The summed E-state index contributed by atoms with van der Waals surface area (Å²) in [6.45, 7) is 5.20. The third-order valence-electron chi connectivity index (χ3n) is 2.67. The summed E-state index contributed by atoms with van der Waals surface area (Å²) in [7, 11) is 0. The molecule has 0 aromatic carbocycles. The van der Waals surface area contributed by atoms with Gasteiger partial charge in [-0.2, -0.15) is 0 Å². The highest BCUT2D eigenvalue weighted by atomic mass is 16.4. The Morgan fingerprint density at radius 3 is 2.13 bits per heavy atom. The SMILES string of the molecule is CCCCC(C(=O)[O-])C(C)(C)CC(=O)[O-]. The average molecular weight is 214 g/mol. The molecule has 0 aromatic heterocycles. The standard InChI is InChI=1S/C11H20O4/c1-4-5-6-8(10(14)15)11(2,3)7-9(12)13/h8H,4-7H2,1-3H3,(H,12,13)(H,14,15)/p-2. The molecule has 0 fully saturated rings. The zero-order valence-electron chi connectivity index (χ0n) is 9.54. The number of carbonyl (C=O) groups excluding carboxylic acids is 2. The van der Waals surface area contributed by atoms with E-state index in [-0.39, 0.29) is 6.42 Å². The van der Waals surface area contributed by atoms with E-state index < -0.39 is 23.3 Å². The molecule has 0 spiro atoms. The van der Waals surface area contributed by atoms with Gasteiger partial charge in [0.05, 0.1) is 0 Å². The van der Waals surface area contributed by atoms with Crippen LogP contribution in [0.25, 0.3) is 0 Å². The normalized spacial score (nSPS) is 13.5. The second-order valence-corrected chi connectivity index (χ2v) is 4.55. The van der Waals surface area contributed by atoms with Gasteiger partial charge in [-0.25, -0.2) is 0 Å². The number of aliphatic carboxylic acids is 2. The van der Waals surface area contributed by atoms with Gasteiger partial charge in [-0.1, -0.05) is 33.6 Å². The first-order valence-corrected chi connectivity index (χ1v) is 5.22. The van der Waals surface area contributed by atoms with Crippen molar-refractivity contribution in [1.29, 1.82) is 0 Å². The number of hydrogen-bond donors (Lipinski definition) is 0. The van der Waals surface area contributed by atoms with E-state index in [9.17, 15) is 19.8 Å². The van der Waals surface area contributed by atoms with Crippen LogP contribution in [0.5, 0.6) is 0 Å². The predicted molar refractivity (Wildman–Crippen MR) is 51.4 cm³/mol. The van der Waals surface area contributed by atoms with Gasteiger partial charge in [0.25, 0.3) is 0 Å². The van der Waals surface area contributed by atoms with Gasteiger partial charge in [-0.3, -0.25) is 0 Å². The van der Waals surface area contributed by atoms with Crippen molar-refractivity contribution >= 4 is 11.9 Å². The summed E-state index contributed by atoms with van der Waals surface area (Å²) < 4.78 is 0. The zero-order chi connectivity index (χ0) is 12.1. The number of hydrogen-bond acceptors (Lipinski definition) is 4. The highest BCUT2D eigenvalue weighted by Crippen LogP contribution is 2.33. The summed E-state index contributed by atoms with van der Waals surface area (Å²) in [6.07, 6.45) is 1.84. The van der Waals surface area contributed by atoms with Crippen molar-refractivity contribution in [2.75, 3.05) is 0 Å². The smallest absolute Gasteiger partial charge is 0.0450 e. The highest BCUT2D eigenvalue weighted by molar-refractivity contribution is 5.71. The van der Waals surface area contributed by atoms with Crippen LogP contribution >= 0.6 is 0 Å². The van der Waals surface area contributed by atoms with E-state index >= 15 is 0 Å². The minimum absolute atomic E-state index is 0.255. The summed E-state index contributed by atoms with van der Waals surface area (Å²) in [6, 6.07) is 0. The van der Waals surface area contributed by atoms with Crippen molar-refractivity contribution in [3.05, 3.63) is 0 Å². The number of unbranched alkanes of at least 4 members (excludes halogenated alkanes) is 1. The molecule has 0 N–H and O–H groups in total. The van der Waals surface area contributed by atoms with Gasteiger partial charge in [0.15, 0.2) is 0 Å². The highest BCUT2D eigenvalue weighted by Gasteiger charge is 2.30. The molecule has 0 radical (unpaired) electrons. The fraction of sp³-hybridized carbons (Fsp3) is 0.818. The zero-order valence-corrected chi connectivity index (χ0v) is 9.54. The summed E-state index contributed by atoms with van der Waals surface area (Å²) in [4.78, 5) is 21.4. The Morgan fingerprint density at radius 2 is 1.80 bits per heavy atom. The molecule has 4 nitrogen and oxygen atoms in total. The van der Waals surface area contributed by atoms with E-state index in [2.05, 4.69) is 0 Å². The molecule has 0 heterocycles. The summed E-state index contributed by atoms with van der Waals surface area (Å²) in [5.74, 6) is -3.12. The lowest BCUT2D eigenvalue weighted by Crippen LogP contribution is -2.43. The van der Waals surface area contributed by atoms with Crippen molar-refractivity contribution in [2.24, 2.45) is 11.3 Å². The van der Waals surface area contributed by atoms with Crippen LogP contribution in [0, 0.1) is 11.3 Å². The molecule has 0 bridgehead atoms. The van der Waals surface area contributed by atoms with Crippen LogP contribution in [0.4, 0.5) is 0 Å². The molecule has 0 aromatic rings. The Kier molecular flexibility index (Phi) is 5.33. The van der Waals surface area contributed by atoms with Crippen LogP contribution in [0.2, 0.25) is 0 Å². The largest absolute Gasteiger partial charge is 0.550 e. The summed E-state index contributed by atoms with van der Waals surface area (Å²) in [5.41, 5.74) is -0.813. The van der Waals surface area contributed by atoms with Gasteiger partial charge in [0, 0.05) is 17.9 Å². The van der Waals surface area contributed by atoms with Crippen molar-refractivity contribution in [3.8, 4) is 0 Å². The maximum absolute atomic E-state index is 10.9. The molecule has 0 aliphatic rings. The summed E-state index contributed by atoms with van der Waals surface area (Å²) >= 11 is 0. The van der Waals surface area contributed by atoms with Gasteiger partial charge in [-0.05, 0) is 18.3 Å². The maximum atomic E-state index is 10.9. The van der Waals surface area contributed by atoms with Gasteiger partial charge in [0.2, 0.25) is 0 Å². The van der Waals surface area contributed by atoms with E-state index in [0.717, 1.165) is 12.8 Å². The predicted octanol–water partition coefficient (Wildman–Crippen LogP) is -0.291. The van der Waals surface area contributed by atoms with Crippen LogP contribution < -0.4 is 10.2 Å². The minimum Gasteiger partial charge on any atom is -0.550 e. The fourth-order valence-electron chi connectivity index (χ4n) is 1.73. The number of carboxylic acids is 2. The molecule has 0 saturated carbocycles. The van der Waals surface area contributed by atoms with Gasteiger partial charge < -0.3 is 19.8 Å². The lowest BCUT2D eigenvalue weighted by atomic mass is 9.74. The molecular formula is C11H18O4-2. The molecule has 0 saturated heterocycles. The van der Waals surface area contributed by atoms with Crippen molar-refractivity contribution < 1.29 is 19.8 Å². The number of carboxylic acid groups (broad SMARTS) is 2. The van der Waals surface area contributed by atoms with Gasteiger partial charge in [-0.15, -0.1) is 0 Å². The Hall–Kier alpha value is -1.06. The lowest BCUT2D eigenvalue weighted by molar-refractivity contribution is -0.318. The Labute approximate surface area is 90.3 Å². The van der Waals surface area contributed by atoms with Gasteiger partial charge in [0.1, 0.15) is 0 Å². The summed E-state index contributed by atoms with van der Waals surface area (Å²) in [5, 5.41) is 21.4. The molecule has 0 amide bonds. The van der Waals surface area contributed by atoms with E-state index in [1.165, 1.54) is 0 Å². The monoisotopic (exact) mass is 214 g/mol. The first-order valence-electron chi connectivity index (χ1n) is 5.22. The van der Waals surface area contributed by atoms with E-state index in [0.29, 0.717) is 6.42 Å². The van der Waals surface area contributed by atoms with Crippen LogP contribution in [0.15, 0.2) is 0 Å². The quantitative estimate of drug-likeness (QED) is 0.583. The molecule has 0 aliphatic heterocycles. The fourth-order valence-corrected chi connectivity index (χ4v) is 1.73. The Morgan fingerprint density at radius 1 is 1.27 bits per heavy atom. The van der Waals surface area contributed by atoms with Crippen molar-refractivity contribution in [1.82, 2.24) is 0 Å². The minimum atomic E-state index is -1.22. The maximum Gasteiger partial charge on any atom is 0.0450 e. The van der Waals surface area contributed by atoms with Crippen LogP contribution in [-0.4, -0.2) is 11.9 Å². The van der Waals surface area contributed by atoms with E-state index in [4.69, 9.17) is 0 Å². The Bertz CT molecular complexity index is 233. The number of carbonyl (C=O) groups is 2. The first kappa shape index (κ1) is 13.9. The van der Waals surface area contributed by atoms with Crippen LogP contribution in [0.1, 0.15) is 46.5 Å². The molecule has 0 aliphatic carbocycles. The molecule has 4 heteroatoms. The van der Waals surface area contributed by atoms with E-state index in [1.54, 1.807) is 13.8 Å².